The molecule has 0 N–H and O–H groups in total. The Labute approximate surface area is 187 Å². The number of benzene rings is 2. The molecule has 162 valence electrons. The van der Waals surface area contributed by atoms with Crippen molar-refractivity contribution in [2.75, 3.05) is 44.7 Å². The lowest BCUT2D eigenvalue weighted by molar-refractivity contribution is -0.120. The first-order valence-corrected chi connectivity index (χ1v) is 10.9. The van der Waals surface area contributed by atoms with Gasteiger partial charge in [0.25, 0.3) is 11.8 Å². The molecule has 2 aromatic rings. The summed E-state index contributed by atoms with van der Waals surface area (Å²) in [6.07, 6.45) is 0.877. The summed E-state index contributed by atoms with van der Waals surface area (Å²) in [5.74, 6) is 0.0158. The van der Waals surface area contributed by atoms with Crippen LogP contribution in [0.4, 0.5) is 5.69 Å². The summed E-state index contributed by atoms with van der Waals surface area (Å²) in [6, 6.07) is 14.2. The van der Waals surface area contributed by atoms with Crippen molar-refractivity contribution in [3.05, 3.63) is 64.8 Å². The molecule has 1 saturated heterocycles. The zero-order valence-electron chi connectivity index (χ0n) is 17.8. The van der Waals surface area contributed by atoms with Gasteiger partial charge in [0, 0.05) is 37.3 Å². The van der Waals surface area contributed by atoms with Crippen LogP contribution in [0.5, 0.6) is 5.75 Å². The summed E-state index contributed by atoms with van der Waals surface area (Å²) >= 11 is 6.06. The molecule has 0 unspecified atom stereocenters. The number of likely N-dealkylation sites (N-methyl/N-ethyl adjacent to an activating group) is 1. The molecule has 6 nitrogen and oxygen atoms in total. The fourth-order valence-corrected chi connectivity index (χ4v) is 4.01. The van der Waals surface area contributed by atoms with E-state index in [-0.39, 0.29) is 11.8 Å². The smallest absolute Gasteiger partial charge is 0.282 e. The number of hydrogen-bond acceptors (Lipinski definition) is 5. The number of amides is 2. The van der Waals surface area contributed by atoms with Gasteiger partial charge < -0.3 is 14.5 Å². The Balaban J connectivity index is 1.74. The topological polar surface area (TPSA) is 53.1 Å². The summed E-state index contributed by atoms with van der Waals surface area (Å²) in [6.45, 7) is 5.65. The second-order valence-electron chi connectivity index (χ2n) is 7.81. The number of ether oxygens (including phenoxy) is 1. The molecule has 0 aromatic heterocycles. The zero-order valence-corrected chi connectivity index (χ0v) is 18.6. The third-order valence-corrected chi connectivity index (χ3v) is 5.81. The molecule has 0 aliphatic carbocycles. The van der Waals surface area contributed by atoms with Gasteiger partial charge in [0.05, 0.1) is 17.9 Å². The Morgan fingerprint density at radius 2 is 1.68 bits per heavy atom. The van der Waals surface area contributed by atoms with E-state index in [0.717, 1.165) is 19.5 Å². The van der Waals surface area contributed by atoms with E-state index in [4.69, 9.17) is 16.3 Å². The van der Waals surface area contributed by atoms with Crippen LogP contribution in [0.15, 0.2) is 54.2 Å². The van der Waals surface area contributed by atoms with Crippen LogP contribution in [0, 0.1) is 0 Å². The van der Waals surface area contributed by atoms with Gasteiger partial charge in [-0.2, -0.15) is 0 Å². The van der Waals surface area contributed by atoms with Crippen molar-refractivity contribution in [3.63, 3.8) is 0 Å². The summed E-state index contributed by atoms with van der Waals surface area (Å²) in [4.78, 5) is 32.7. The average molecular weight is 440 g/mol. The maximum absolute atomic E-state index is 13.6. The standard InChI is InChI=1S/C24H26ClN3O3/c1-3-15-31-20-6-4-5-19(16-20)28-23(29)21(17-7-9-18(25)10-8-17)22(24(28)30)27-13-11-26(2)12-14-27/h4-10,16H,3,11-15H2,1-2H3. The quantitative estimate of drug-likeness (QED) is 0.643. The predicted octanol–water partition coefficient (Wildman–Crippen LogP) is 3.66. The van der Waals surface area contributed by atoms with Crippen LogP contribution in [0.3, 0.4) is 0 Å². The molecule has 1 fully saturated rings. The van der Waals surface area contributed by atoms with Gasteiger partial charge in [-0.05, 0) is 43.3 Å². The molecule has 0 bridgehead atoms. The summed E-state index contributed by atoms with van der Waals surface area (Å²) < 4.78 is 5.71. The van der Waals surface area contributed by atoms with Crippen molar-refractivity contribution in [1.82, 2.24) is 9.80 Å². The Hall–Kier alpha value is -2.83. The second kappa shape index (κ2) is 9.12. The number of nitrogens with zero attached hydrogens (tertiary/aromatic N) is 3. The van der Waals surface area contributed by atoms with Crippen molar-refractivity contribution >= 4 is 34.7 Å². The number of imide groups is 1. The molecule has 2 amide bonds. The summed E-state index contributed by atoms with van der Waals surface area (Å²) in [5.41, 5.74) is 2.09. The van der Waals surface area contributed by atoms with Crippen molar-refractivity contribution in [2.45, 2.75) is 13.3 Å². The highest BCUT2D eigenvalue weighted by molar-refractivity contribution is 6.45. The van der Waals surface area contributed by atoms with Gasteiger partial charge >= 0.3 is 0 Å². The normalized spacial score (nSPS) is 17.6. The summed E-state index contributed by atoms with van der Waals surface area (Å²) in [7, 11) is 2.06. The Morgan fingerprint density at radius 1 is 0.968 bits per heavy atom. The molecule has 0 spiro atoms. The third-order valence-electron chi connectivity index (χ3n) is 5.56. The van der Waals surface area contributed by atoms with E-state index in [2.05, 4.69) is 11.9 Å². The average Bonchev–Trinajstić information content (AvgIpc) is 3.03. The van der Waals surface area contributed by atoms with Crippen molar-refractivity contribution in [3.8, 4) is 5.75 Å². The van der Waals surface area contributed by atoms with Crippen LogP contribution >= 0.6 is 11.6 Å². The van der Waals surface area contributed by atoms with E-state index < -0.39 is 0 Å². The minimum atomic E-state index is -0.325. The Morgan fingerprint density at radius 3 is 2.35 bits per heavy atom. The molecule has 2 aliphatic heterocycles. The fourth-order valence-electron chi connectivity index (χ4n) is 3.89. The maximum Gasteiger partial charge on any atom is 0.282 e. The van der Waals surface area contributed by atoms with Gasteiger partial charge in [-0.3, -0.25) is 9.59 Å². The number of halogens is 1. The van der Waals surface area contributed by atoms with Crippen molar-refractivity contribution in [1.29, 1.82) is 0 Å². The lowest BCUT2D eigenvalue weighted by atomic mass is 10.0. The van der Waals surface area contributed by atoms with Crippen LogP contribution in [0.2, 0.25) is 5.02 Å². The van der Waals surface area contributed by atoms with Gasteiger partial charge in [-0.15, -0.1) is 0 Å². The van der Waals surface area contributed by atoms with Crippen LogP contribution in [-0.4, -0.2) is 61.4 Å². The van der Waals surface area contributed by atoms with Crippen LogP contribution < -0.4 is 9.64 Å². The first-order chi connectivity index (χ1) is 15.0. The van der Waals surface area contributed by atoms with Crippen molar-refractivity contribution < 1.29 is 14.3 Å². The highest BCUT2D eigenvalue weighted by Crippen LogP contribution is 2.36. The molecular weight excluding hydrogens is 414 g/mol. The van der Waals surface area contributed by atoms with Crippen molar-refractivity contribution in [2.24, 2.45) is 0 Å². The number of carbonyl (C=O) groups is 2. The van der Waals surface area contributed by atoms with Gasteiger partial charge in [0.1, 0.15) is 11.4 Å². The second-order valence-corrected chi connectivity index (χ2v) is 8.25. The minimum Gasteiger partial charge on any atom is -0.494 e. The van der Waals surface area contributed by atoms with E-state index in [1.54, 1.807) is 42.5 Å². The van der Waals surface area contributed by atoms with Crippen LogP contribution in [-0.2, 0) is 9.59 Å². The lowest BCUT2D eigenvalue weighted by Gasteiger charge is -2.34. The largest absolute Gasteiger partial charge is 0.494 e. The number of carbonyl (C=O) groups excluding carboxylic acids is 2. The van der Waals surface area contributed by atoms with E-state index in [9.17, 15) is 9.59 Å². The third kappa shape index (κ3) is 4.31. The predicted molar refractivity (Wildman–Crippen MR) is 122 cm³/mol. The van der Waals surface area contributed by atoms with Gasteiger partial charge in [0.2, 0.25) is 0 Å². The van der Waals surface area contributed by atoms with Gasteiger partial charge in [-0.25, -0.2) is 4.90 Å². The Bertz CT molecular complexity index is 1010. The molecule has 0 saturated carbocycles. The molecule has 2 heterocycles. The number of rotatable bonds is 6. The van der Waals surface area contributed by atoms with E-state index >= 15 is 0 Å². The fraction of sp³-hybridized carbons (Fsp3) is 0.333. The highest BCUT2D eigenvalue weighted by atomic mass is 35.5. The molecular formula is C24H26ClN3O3. The van der Waals surface area contributed by atoms with E-state index in [1.165, 1.54) is 4.90 Å². The first kappa shape index (κ1) is 21.4. The molecule has 7 heteroatoms. The summed E-state index contributed by atoms with van der Waals surface area (Å²) in [5, 5.41) is 0.583. The number of hydrogen-bond donors (Lipinski definition) is 0. The van der Waals surface area contributed by atoms with Gasteiger partial charge in [0.15, 0.2) is 0 Å². The Kier molecular flexibility index (Phi) is 6.30. The zero-order chi connectivity index (χ0) is 22.0. The number of anilines is 1. The molecule has 2 aliphatic rings. The maximum atomic E-state index is 13.6. The van der Waals surface area contributed by atoms with Crippen LogP contribution in [0.1, 0.15) is 18.9 Å². The molecule has 31 heavy (non-hydrogen) atoms. The molecule has 0 atom stereocenters. The van der Waals surface area contributed by atoms with Crippen LogP contribution in [0.25, 0.3) is 5.57 Å². The number of piperazine rings is 1. The SMILES string of the molecule is CCCOc1cccc(N2C(=O)C(c3ccc(Cl)cc3)=C(N3CCN(C)CC3)C2=O)c1. The molecule has 0 radical (unpaired) electrons. The monoisotopic (exact) mass is 439 g/mol. The lowest BCUT2D eigenvalue weighted by Crippen LogP contribution is -2.46. The van der Waals surface area contributed by atoms with E-state index in [1.807, 2.05) is 17.9 Å². The molecule has 4 rings (SSSR count). The van der Waals surface area contributed by atoms with E-state index in [0.29, 0.717) is 53.0 Å². The first-order valence-electron chi connectivity index (χ1n) is 10.5. The minimum absolute atomic E-state index is 0.299. The highest BCUT2D eigenvalue weighted by Gasteiger charge is 2.43. The molecule has 2 aromatic carbocycles. The van der Waals surface area contributed by atoms with Gasteiger partial charge in [-0.1, -0.05) is 36.7 Å².